The van der Waals surface area contributed by atoms with Gasteiger partial charge in [-0.1, -0.05) is 36.5 Å². The van der Waals surface area contributed by atoms with Crippen LogP contribution in [0, 0.1) is 10.1 Å². The predicted molar refractivity (Wildman–Crippen MR) is 94.8 cm³/mol. The van der Waals surface area contributed by atoms with Crippen LogP contribution in [0.5, 0.6) is 17.2 Å². The molecule has 0 aliphatic rings. The monoisotopic (exact) mass is 383 g/mol. The first kappa shape index (κ1) is 19.0. The van der Waals surface area contributed by atoms with Crippen molar-refractivity contribution in [2.75, 3.05) is 0 Å². The van der Waals surface area contributed by atoms with Crippen LogP contribution < -0.4 is 9.47 Å². The standard InChI is InChI=1S/C17H15Cl2NO5/c1-2-3-4-16(21)24-13-9-14(18)17(15(19)10-13)25-12-7-5-11(6-8-12)20(22)23/h5-10H,2-4H2,1H3. The van der Waals surface area contributed by atoms with Gasteiger partial charge in [-0.3, -0.25) is 14.9 Å². The fourth-order valence-corrected chi connectivity index (χ4v) is 2.49. The van der Waals surface area contributed by atoms with Crippen LogP contribution in [0.2, 0.25) is 10.0 Å². The maximum Gasteiger partial charge on any atom is 0.311 e. The zero-order valence-corrected chi connectivity index (χ0v) is 14.8. The number of carbonyl (C=O) groups is 1. The summed E-state index contributed by atoms with van der Waals surface area (Å²) in [4.78, 5) is 21.8. The number of benzene rings is 2. The Balaban J connectivity index is 2.14. The van der Waals surface area contributed by atoms with Crippen LogP contribution in [0.15, 0.2) is 36.4 Å². The molecule has 0 N–H and O–H groups in total. The van der Waals surface area contributed by atoms with Gasteiger partial charge in [-0.15, -0.1) is 0 Å². The molecule has 132 valence electrons. The number of halogens is 2. The summed E-state index contributed by atoms with van der Waals surface area (Å²) >= 11 is 12.3. The predicted octanol–water partition coefficient (Wildman–Crippen LogP) is 5.79. The Labute approximate surface area is 154 Å². The zero-order valence-electron chi connectivity index (χ0n) is 13.3. The van der Waals surface area contributed by atoms with Gasteiger partial charge in [0.05, 0.1) is 15.0 Å². The molecule has 0 atom stereocenters. The van der Waals surface area contributed by atoms with Gasteiger partial charge in [0.15, 0.2) is 5.75 Å². The van der Waals surface area contributed by atoms with Gasteiger partial charge in [-0.05, 0) is 18.6 Å². The number of non-ortho nitro benzene ring substituents is 1. The number of nitro groups is 1. The van der Waals surface area contributed by atoms with E-state index in [9.17, 15) is 14.9 Å². The lowest BCUT2D eigenvalue weighted by Gasteiger charge is -2.11. The Bertz CT molecular complexity index is 754. The van der Waals surface area contributed by atoms with Crippen LogP contribution in [0.4, 0.5) is 5.69 Å². The van der Waals surface area contributed by atoms with Crippen LogP contribution >= 0.6 is 23.2 Å². The highest BCUT2D eigenvalue weighted by Gasteiger charge is 2.14. The number of rotatable bonds is 7. The minimum atomic E-state index is -0.509. The van der Waals surface area contributed by atoms with Crippen LogP contribution in [0.3, 0.4) is 0 Å². The number of esters is 1. The summed E-state index contributed by atoms with van der Waals surface area (Å²) in [5, 5.41) is 11.0. The minimum Gasteiger partial charge on any atom is -0.454 e. The molecular weight excluding hydrogens is 369 g/mol. The third-order valence-corrected chi connectivity index (χ3v) is 3.77. The average Bonchev–Trinajstić information content (AvgIpc) is 2.56. The molecule has 0 fully saturated rings. The van der Waals surface area contributed by atoms with Gasteiger partial charge < -0.3 is 9.47 Å². The molecule has 2 rings (SSSR count). The van der Waals surface area contributed by atoms with E-state index in [1.807, 2.05) is 6.92 Å². The van der Waals surface area contributed by atoms with Crippen LogP contribution in [0.1, 0.15) is 26.2 Å². The highest BCUT2D eigenvalue weighted by Crippen LogP contribution is 2.39. The number of nitrogens with zero attached hydrogens (tertiary/aromatic N) is 1. The molecule has 0 saturated carbocycles. The van der Waals surface area contributed by atoms with Gasteiger partial charge in [-0.2, -0.15) is 0 Å². The van der Waals surface area contributed by atoms with Gasteiger partial charge in [-0.25, -0.2) is 0 Å². The normalized spacial score (nSPS) is 10.4. The highest BCUT2D eigenvalue weighted by atomic mass is 35.5. The number of ether oxygens (including phenoxy) is 2. The van der Waals surface area contributed by atoms with Crippen molar-refractivity contribution in [2.45, 2.75) is 26.2 Å². The van der Waals surface area contributed by atoms with Crippen molar-refractivity contribution in [1.82, 2.24) is 0 Å². The second-order valence-corrected chi connectivity index (χ2v) is 5.96. The summed E-state index contributed by atoms with van der Waals surface area (Å²) in [6.07, 6.45) is 1.94. The van der Waals surface area contributed by atoms with E-state index in [0.717, 1.165) is 12.8 Å². The van der Waals surface area contributed by atoms with E-state index in [4.69, 9.17) is 32.7 Å². The first-order valence-corrected chi connectivity index (χ1v) is 8.28. The zero-order chi connectivity index (χ0) is 18.4. The molecule has 0 aromatic heterocycles. The third kappa shape index (κ3) is 5.34. The molecule has 8 heteroatoms. The van der Waals surface area contributed by atoms with Crippen molar-refractivity contribution < 1.29 is 19.2 Å². The molecule has 0 aliphatic carbocycles. The molecule has 0 heterocycles. The fraction of sp³-hybridized carbons (Fsp3) is 0.235. The first-order valence-electron chi connectivity index (χ1n) is 7.52. The number of nitro benzene ring substituents is 1. The lowest BCUT2D eigenvalue weighted by atomic mass is 10.2. The van der Waals surface area contributed by atoms with Crippen LogP contribution in [-0.4, -0.2) is 10.9 Å². The summed E-state index contributed by atoms with van der Waals surface area (Å²) < 4.78 is 10.8. The summed E-state index contributed by atoms with van der Waals surface area (Å²) in [6.45, 7) is 1.98. The van der Waals surface area contributed by atoms with Crippen molar-refractivity contribution in [3.63, 3.8) is 0 Å². The lowest BCUT2D eigenvalue weighted by Crippen LogP contribution is -2.07. The SMILES string of the molecule is CCCCC(=O)Oc1cc(Cl)c(Oc2ccc([N+](=O)[O-])cc2)c(Cl)c1. The second kappa shape index (κ2) is 8.69. The van der Waals surface area contributed by atoms with Crippen molar-refractivity contribution in [3.05, 3.63) is 56.6 Å². The largest absolute Gasteiger partial charge is 0.454 e. The van der Waals surface area contributed by atoms with Gasteiger partial charge in [0.1, 0.15) is 11.5 Å². The number of carbonyl (C=O) groups excluding carboxylic acids is 1. The quantitative estimate of drug-likeness (QED) is 0.261. The van der Waals surface area contributed by atoms with Crippen LogP contribution in [-0.2, 0) is 4.79 Å². The highest BCUT2D eigenvalue weighted by molar-refractivity contribution is 6.37. The Morgan fingerprint density at radius 2 is 1.72 bits per heavy atom. The molecule has 0 aliphatic heterocycles. The Morgan fingerprint density at radius 1 is 1.12 bits per heavy atom. The number of unbranched alkanes of at least 4 members (excludes halogenated alkanes) is 1. The van der Waals surface area contributed by atoms with Crippen molar-refractivity contribution in [3.8, 4) is 17.2 Å². The molecule has 2 aromatic carbocycles. The molecule has 0 saturated heterocycles. The Morgan fingerprint density at radius 3 is 2.24 bits per heavy atom. The molecule has 6 nitrogen and oxygen atoms in total. The molecule has 2 aromatic rings. The Hall–Kier alpha value is -2.31. The fourth-order valence-electron chi connectivity index (χ4n) is 1.95. The summed E-state index contributed by atoms with van der Waals surface area (Å²) in [7, 11) is 0. The Kier molecular flexibility index (Phi) is 6.61. The molecule has 25 heavy (non-hydrogen) atoms. The first-order chi connectivity index (χ1) is 11.9. The molecular formula is C17H15Cl2NO5. The second-order valence-electron chi connectivity index (χ2n) is 5.15. The minimum absolute atomic E-state index is 0.0566. The van der Waals surface area contributed by atoms with Gasteiger partial charge in [0.2, 0.25) is 0 Å². The molecule has 0 bridgehead atoms. The molecule has 0 spiro atoms. The third-order valence-electron chi connectivity index (χ3n) is 3.21. The van der Waals surface area contributed by atoms with Gasteiger partial charge in [0, 0.05) is 30.7 Å². The van der Waals surface area contributed by atoms with Crippen LogP contribution in [0.25, 0.3) is 0 Å². The van der Waals surface area contributed by atoms with E-state index in [2.05, 4.69) is 0 Å². The van der Waals surface area contributed by atoms with Gasteiger partial charge in [0.25, 0.3) is 5.69 Å². The molecule has 0 unspecified atom stereocenters. The topological polar surface area (TPSA) is 78.7 Å². The molecule has 0 radical (unpaired) electrons. The maximum absolute atomic E-state index is 11.7. The van der Waals surface area contributed by atoms with Crippen molar-refractivity contribution in [1.29, 1.82) is 0 Å². The van der Waals surface area contributed by atoms with E-state index in [0.29, 0.717) is 12.2 Å². The number of hydrogen-bond acceptors (Lipinski definition) is 5. The van der Waals surface area contributed by atoms with E-state index < -0.39 is 4.92 Å². The molecule has 0 amide bonds. The summed E-state index contributed by atoms with van der Waals surface area (Å²) in [6, 6.07) is 8.34. The summed E-state index contributed by atoms with van der Waals surface area (Å²) in [5.74, 6) is 0.373. The summed E-state index contributed by atoms with van der Waals surface area (Å²) in [5.41, 5.74) is -0.0566. The lowest BCUT2D eigenvalue weighted by molar-refractivity contribution is -0.384. The number of hydrogen-bond donors (Lipinski definition) is 0. The van der Waals surface area contributed by atoms with Crippen molar-refractivity contribution >= 4 is 34.9 Å². The van der Waals surface area contributed by atoms with E-state index in [1.165, 1.54) is 36.4 Å². The van der Waals surface area contributed by atoms with Gasteiger partial charge >= 0.3 is 5.97 Å². The van der Waals surface area contributed by atoms with E-state index >= 15 is 0 Å². The smallest absolute Gasteiger partial charge is 0.311 e. The average molecular weight is 384 g/mol. The van der Waals surface area contributed by atoms with Crippen molar-refractivity contribution in [2.24, 2.45) is 0 Å². The van der Waals surface area contributed by atoms with E-state index in [-0.39, 0.29) is 33.2 Å². The van der Waals surface area contributed by atoms with E-state index in [1.54, 1.807) is 0 Å². The maximum atomic E-state index is 11.7.